The summed E-state index contributed by atoms with van der Waals surface area (Å²) in [6.45, 7) is 12.2. The lowest BCUT2D eigenvalue weighted by Crippen LogP contribution is -2.49. The first-order valence-electron chi connectivity index (χ1n) is 7.42. The van der Waals surface area contributed by atoms with Gasteiger partial charge in [-0.05, 0) is 31.6 Å². The Bertz CT molecular complexity index is 301. The molecule has 0 rings (SSSR count). The molecule has 5 nitrogen and oxygen atoms in total. The van der Waals surface area contributed by atoms with E-state index >= 15 is 0 Å². The minimum absolute atomic E-state index is 0.120. The molecule has 0 aliphatic rings. The number of rotatable bonds is 8. The lowest BCUT2D eigenvalue weighted by molar-refractivity contribution is 0.00784. The quantitative estimate of drug-likeness (QED) is 0.550. The predicted octanol–water partition coefficient (Wildman–Crippen LogP) is 1.88. The lowest BCUT2D eigenvalue weighted by Gasteiger charge is -2.30. The van der Waals surface area contributed by atoms with E-state index in [0.29, 0.717) is 13.0 Å². The first-order chi connectivity index (χ1) is 9.00. The molecule has 5 heteroatoms. The van der Waals surface area contributed by atoms with E-state index in [2.05, 4.69) is 10.6 Å². The van der Waals surface area contributed by atoms with E-state index < -0.39 is 5.60 Å². The molecular formula is C15H32N2O3. The Morgan fingerprint density at radius 1 is 1.15 bits per heavy atom. The average molecular weight is 288 g/mol. The highest BCUT2D eigenvalue weighted by Crippen LogP contribution is 2.21. The number of aliphatic hydroxyl groups is 2. The monoisotopic (exact) mass is 288 g/mol. The van der Waals surface area contributed by atoms with Gasteiger partial charge in [-0.3, -0.25) is 0 Å². The van der Waals surface area contributed by atoms with Crippen LogP contribution in [-0.2, 0) is 0 Å². The highest BCUT2D eigenvalue weighted by molar-refractivity contribution is 5.73. The van der Waals surface area contributed by atoms with Crippen LogP contribution in [-0.4, -0.2) is 41.0 Å². The van der Waals surface area contributed by atoms with Gasteiger partial charge in [-0.1, -0.05) is 34.1 Å². The third kappa shape index (κ3) is 7.70. The van der Waals surface area contributed by atoms with Gasteiger partial charge < -0.3 is 20.8 Å². The van der Waals surface area contributed by atoms with Crippen molar-refractivity contribution < 1.29 is 15.0 Å². The first kappa shape index (κ1) is 19.2. The minimum atomic E-state index is -0.902. The molecule has 0 aromatic carbocycles. The largest absolute Gasteiger partial charge is 0.393 e. The molecule has 3 atom stereocenters. The molecule has 0 aliphatic carbocycles. The Morgan fingerprint density at radius 2 is 1.65 bits per heavy atom. The zero-order chi connectivity index (χ0) is 16.0. The van der Waals surface area contributed by atoms with Gasteiger partial charge in [0.15, 0.2) is 0 Å². The number of aliphatic hydroxyl groups excluding tert-OH is 1. The molecule has 0 radical (unpaired) electrons. The summed E-state index contributed by atoms with van der Waals surface area (Å²) in [5, 5.41) is 25.1. The average Bonchev–Trinajstić information content (AvgIpc) is 2.31. The number of hydrogen-bond donors (Lipinski definition) is 4. The smallest absolute Gasteiger partial charge is 0.314 e. The second-order valence-electron chi connectivity index (χ2n) is 6.92. The fraction of sp³-hybridized carbons (Fsp3) is 0.933. The van der Waals surface area contributed by atoms with E-state index in [1.165, 1.54) is 0 Å². The van der Waals surface area contributed by atoms with Crippen LogP contribution >= 0.6 is 0 Å². The molecule has 20 heavy (non-hydrogen) atoms. The van der Waals surface area contributed by atoms with Crippen molar-refractivity contribution in [3.8, 4) is 0 Å². The minimum Gasteiger partial charge on any atom is -0.393 e. The van der Waals surface area contributed by atoms with Crippen LogP contribution in [0.25, 0.3) is 0 Å². The van der Waals surface area contributed by atoms with Gasteiger partial charge in [0, 0.05) is 13.1 Å². The molecule has 0 aliphatic heterocycles. The van der Waals surface area contributed by atoms with E-state index in [1.807, 2.05) is 27.7 Å². The summed E-state index contributed by atoms with van der Waals surface area (Å²) in [4.78, 5) is 11.7. The molecule has 0 saturated heterocycles. The fourth-order valence-corrected chi connectivity index (χ4v) is 2.13. The van der Waals surface area contributed by atoms with E-state index in [4.69, 9.17) is 0 Å². The number of hydrogen-bond acceptors (Lipinski definition) is 3. The second-order valence-corrected chi connectivity index (χ2v) is 6.92. The molecule has 0 heterocycles. The molecule has 0 fully saturated rings. The summed E-state index contributed by atoms with van der Waals surface area (Å²) in [5.74, 6) is 0.120. The van der Waals surface area contributed by atoms with Gasteiger partial charge in [-0.25, -0.2) is 4.79 Å². The van der Waals surface area contributed by atoms with E-state index in [-0.39, 0.29) is 30.0 Å². The zero-order valence-electron chi connectivity index (χ0n) is 13.8. The van der Waals surface area contributed by atoms with Crippen molar-refractivity contribution in [2.75, 3.05) is 13.1 Å². The van der Waals surface area contributed by atoms with Crippen molar-refractivity contribution in [1.29, 1.82) is 0 Å². The predicted molar refractivity (Wildman–Crippen MR) is 81.6 cm³/mol. The molecule has 0 aromatic heterocycles. The van der Waals surface area contributed by atoms with Gasteiger partial charge in [-0.2, -0.15) is 0 Å². The number of urea groups is 1. The maximum absolute atomic E-state index is 11.7. The number of carbonyl (C=O) groups excluding carboxylic acids is 1. The van der Waals surface area contributed by atoms with Gasteiger partial charge in [0.1, 0.15) is 0 Å². The molecule has 0 aromatic rings. The standard InChI is InChI=1S/C15H32N2O3/c1-7-11(2)15(6,20)10-17-13(19)16-9-14(4,5)8-12(3)18/h11-12,18,20H,7-10H2,1-6H3,(H2,16,17,19). The zero-order valence-corrected chi connectivity index (χ0v) is 13.8. The van der Waals surface area contributed by atoms with Crippen molar-refractivity contribution in [2.45, 2.75) is 66.1 Å². The van der Waals surface area contributed by atoms with Gasteiger partial charge in [0.05, 0.1) is 11.7 Å². The Labute approximate surface area is 123 Å². The van der Waals surface area contributed by atoms with Crippen molar-refractivity contribution in [2.24, 2.45) is 11.3 Å². The highest BCUT2D eigenvalue weighted by atomic mass is 16.3. The molecular weight excluding hydrogens is 256 g/mol. The second kappa shape index (κ2) is 7.84. The van der Waals surface area contributed by atoms with Crippen molar-refractivity contribution in [3.05, 3.63) is 0 Å². The SMILES string of the molecule is CCC(C)C(C)(O)CNC(=O)NCC(C)(C)CC(C)O. The van der Waals surface area contributed by atoms with Crippen molar-refractivity contribution in [3.63, 3.8) is 0 Å². The lowest BCUT2D eigenvalue weighted by atomic mass is 9.87. The van der Waals surface area contributed by atoms with Crippen molar-refractivity contribution >= 4 is 6.03 Å². The topological polar surface area (TPSA) is 81.6 Å². The summed E-state index contributed by atoms with van der Waals surface area (Å²) in [5.41, 5.74) is -1.06. The number of carbonyl (C=O) groups is 1. The molecule has 2 amide bonds. The Balaban J connectivity index is 4.13. The molecule has 120 valence electrons. The number of nitrogens with one attached hydrogen (secondary N) is 2. The normalized spacial score (nSPS) is 18.0. The molecule has 3 unspecified atom stereocenters. The molecule has 0 bridgehead atoms. The van der Waals surface area contributed by atoms with Crippen LogP contribution in [0, 0.1) is 11.3 Å². The third-order valence-electron chi connectivity index (χ3n) is 3.86. The van der Waals surface area contributed by atoms with Gasteiger partial charge in [-0.15, -0.1) is 0 Å². The van der Waals surface area contributed by atoms with Gasteiger partial charge >= 0.3 is 6.03 Å². The van der Waals surface area contributed by atoms with Gasteiger partial charge in [0.2, 0.25) is 0 Å². The van der Waals surface area contributed by atoms with Crippen LogP contribution in [0.5, 0.6) is 0 Å². The molecule has 0 saturated carbocycles. The number of amides is 2. The summed E-state index contributed by atoms with van der Waals surface area (Å²) >= 11 is 0. The van der Waals surface area contributed by atoms with Crippen LogP contribution < -0.4 is 10.6 Å². The highest BCUT2D eigenvalue weighted by Gasteiger charge is 2.27. The van der Waals surface area contributed by atoms with Crippen LogP contribution in [0.4, 0.5) is 4.79 Å². The van der Waals surface area contributed by atoms with Gasteiger partial charge in [0.25, 0.3) is 0 Å². The Kier molecular flexibility index (Phi) is 7.52. The summed E-state index contributed by atoms with van der Waals surface area (Å²) in [7, 11) is 0. The van der Waals surface area contributed by atoms with Crippen LogP contribution in [0.15, 0.2) is 0 Å². The van der Waals surface area contributed by atoms with Crippen LogP contribution in [0.2, 0.25) is 0 Å². The molecule has 4 N–H and O–H groups in total. The maximum atomic E-state index is 11.7. The third-order valence-corrected chi connectivity index (χ3v) is 3.86. The summed E-state index contributed by atoms with van der Waals surface area (Å²) in [6.07, 6.45) is 1.09. The first-order valence-corrected chi connectivity index (χ1v) is 7.42. The summed E-state index contributed by atoms with van der Waals surface area (Å²) < 4.78 is 0. The Morgan fingerprint density at radius 3 is 2.10 bits per heavy atom. The van der Waals surface area contributed by atoms with E-state index in [9.17, 15) is 15.0 Å². The summed E-state index contributed by atoms with van der Waals surface area (Å²) in [6, 6.07) is -0.285. The molecule has 0 spiro atoms. The van der Waals surface area contributed by atoms with E-state index in [0.717, 1.165) is 6.42 Å². The Hall–Kier alpha value is -0.810. The van der Waals surface area contributed by atoms with Crippen molar-refractivity contribution in [1.82, 2.24) is 10.6 Å². The fourth-order valence-electron chi connectivity index (χ4n) is 2.13. The maximum Gasteiger partial charge on any atom is 0.314 e. The van der Waals surface area contributed by atoms with Crippen LogP contribution in [0.3, 0.4) is 0 Å². The van der Waals surface area contributed by atoms with Crippen LogP contribution in [0.1, 0.15) is 54.4 Å². The van der Waals surface area contributed by atoms with E-state index in [1.54, 1.807) is 13.8 Å².